The summed E-state index contributed by atoms with van der Waals surface area (Å²) in [6, 6.07) is 9.29. The SMILES string of the molecule is CN=CC(=CN)c1ccncc1/C=C/C(=O)Nc1ccc(CC(C(C)=N)=C(C)N)cc1. The summed E-state index contributed by atoms with van der Waals surface area (Å²) in [6.45, 7) is 3.52. The van der Waals surface area contributed by atoms with Gasteiger partial charge in [-0.1, -0.05) is 12.1 Å². The molecule has 0 bridgehead atoms. The summed E-state index contributed by atoms with van der Waals surface area (Å²) < 4.78 is 0. The zero-order valence-corrected chi connectivity index (χ0v) is 18.0. The monoisotopic (exact) mass is 416 g/mol. The zero-order valence-electron chi connectivity index (χ0n) is 18.0. The average Bonchev–Trinajstić information content (AvgIpc) is 2.75. The number of hydrogen-bond donors (Lipinski definition) is 4. The summed E-state index contributed by atoms with van der Waals surface area (Å²) in [5.74, 6) is -0.265. The van der Waals surface area contributed by atoms with Crippen molar-refractivity contribution in [3.8, 4) is 0 Å². The van der Waals surface area contributed by atoms with E-state index in [1.807, 2.05) is 30.3 Å². The summed E-state index contributed by atoms with van der Waals surface area (Å²) in [4.78, 5) is 20.5. The lowest BCUT2D eigenvalue weighted by molar-refractivity contribution is -0.111. The fourth-order valence-electron chi connectivity index (χ4n) is 2.97. The minimum atomic E-state index is -0.265. The predicted molar refractivity (Wildman–Crippen MR) is 129 cm³/mol. The molecule has 0 aliphatic carbocycles. The van der Waals surface area contributed by atoms with Crippen molar-refractivity contribution in [2.24, 2.45) is 16.5 Å². The van der Waals surface area contributed by atoms with Crippen LogP contribution in [-0.4, -0.2) is 29.9 Å². The first-order valence-corrected chi connectivity index (χ1v) is 9.73. The first-order chi connectivity index (χ1) is 14.8. The highest BCUT2D eigenvalue weighted by Gasteiger charge is 2.07. The highest BCUT2D eigenvalue weighted by molar-refractivity contribution is 6.11. The van der Waals surface area contributed by atoms with E-state index >= 15 is 0 Å². The van der Waals surface area contributed by atoms with Crippen molar-refractivity contribution in [1.82, 2.24) is 4.98 Å². The number of carbonyl (C=O) groups is 1. The predicted octanol–water partition coefficient (Wildman–Crippen LogP) is 3.55. The van der Waals surface area contributed by atoms with Crippen molar-refractivity contribution in [2.75, 3.05) is 12.4 Å². The number of pyridine rings is 1. The molecule has 2 aromatic rings. The van der Waals surface area contributed by atoms with Crippen molar-refractivity contribution in [3.63, 3.8) is 0 Å². The maximum absolute atomic E-state index is 12.4. The van der Waals surface area contributed by atoms with E-state index in [9.17, 15) is 4.79 Å². The summed E-state index contributed by atoms with van der Waals surface area (Å²) in [5.41, 5.74) is 17.5. The number of nitrogens with one attached hydrogen (secondary N) is 2. The average molecular weight is 417 g/mol. The number of rotatable bonds is 8. The van der Waals surface area contributed by atoms with Gasteiger partial charge in [-0.25, -0.2) is 0 Å². The van der Waals surface area contributed by atoms with E-state index in [-0.39, 0.29) is 5.91 Å². The standard InChI is InChI=1S/C24H28N6O/c1-16(26)23(17(2)27)12-18-4-7-21(8-5-18)30-24(31)9-6-19-15-29-11-10-22(19)20(13-25)14-28-3/h4-11,13-15,26H,12,25,27H2,1-3H3,(H,30,31)/b9-6+,20-13?,23-17?,26-16?,28-14?. The largest absolute Gasteiger partial charge is 0.404 e. The molecule has 0 unspecified atom stereocenters. The van der Waals surface area contributed by atoms with Crippen molar-refractivity contribution < 1.29 is 4.79 Å². The smallest absolute Gasteiger partial charge is 0.248 e. The normalized spacial score (nSPS) is 12.8. The van der Waals surface area contributed by atoms with Crippen LogP contribution in [0, 0.1) is 5.41 Å². The molecule has 0 aliphatic heterocycles. The molecular weight excluding hydrogens is 388 g/mol. The Balaban J connectivity index is 2.10. The van der Waals surface area contributed by atoms with Gasteiger partial charge in [0.1, 0.15) is 0 Å². The maximum atomic E-state index is 12.4. The molecule has 0 atom stereocenters. The Morgan fingerprint density at radius 3 is 2.52 bits per heavy atom. The third kappa shape index (κ3) is 6.78. The molecule has 1 amide bonds. The number of anilines is 1. The number of hydrogen-bond acceptors (Lipinski definition) is 6. The summed E-state index contributed by atoms with van der Waals surface area (Å²) in [5, 5.41) is 10.7. The molecule has 6 N–H and O–H groups in total. The number of amides is 1. The van der Waals surface area contributed by atoms with Crippen molar-refractivity contribution in [3.05, 3.63) is 83.0 Å². The molecule has 1 heterocycles. The highest BCUT2D eigenvalue weighted by Crippen LogP contribution is 2.18. The van der Waals surface area contributed by atoms with Crippen LogP contribution < -0.4 is 16.8 Å². The van der Waals surface area contributed by atoms with Crippen LogP contribution >= 0.6 is 0 Å². The molecule has 0 radical (unpaired) electrons. The van der Waals surface area contributed by atoms with Crippen molar-refractivity contribution in [2.45, 2.75) is 20.3 Å². The van der Waals surface area contributed by atoms with Crippen LogP contribution in [0.5, 0.6) is 0 Å². The molecule has 1 aromatic heterocycles. The van der Waals surface area contributed by atoms with Gasteiger partial charge in [-0.3, -0.25) is 14.8 Å². The van der Waals surface area contributed by atoms with Gasteiger partial charge in [0.25, 0.3) is 0 Å². The maximum Gasteiger partial charge on any atom is 0.248 e. The van der Waals surface area contributed by atoms with Gasteiger partial charge in [0.2, 0.25) is 5.91 Å². The quantitative estimate of drug-likeness (QED) is 0.387. The molecule has 0 spiro atoms. The Bertz CT molecular complexity index is 1060. The fraction of sp³-hybridized carbons (Fsp3) is 0.167. The lowest BCUT2D eigenvalue weighted by Gasteiger charge is -2.09. The number of nitrogens with zero attached hydrogens (tertiary/aromatic N) is 2. The van der Waals surface area contributed by atoms with Gasteiger partial charge >= 0.3 is 0 Å². The molecule has 7 heteroatoms. The van der Waals surface area contributed by atoms with Crippen LogP contribution in [0.2, 0.25) is 0 Å². The molecule has 0 saturated carbocycles. The third-order valence-corrected chi connectivity index (χ3v) is 4.56. The molecule has 2 rings (SSSR count). The highest BCUT2D eigenvalue weighted by atomic mass is 16.1. The molecule has 0 saturated heterocycles. The topological polar surface area (TPSA) is 130 Å². The molecule has 31 heavy (non-hydrogen) atoms. The van der Waals surface area contributed by atoms with Crippen LogP contribution in [0.15, 0.2) is 71.3 Å². The number of allylic oxidation sites excluding steroid dienone is 3. The van der Waals surface area contributed by atoms with Gasteiger partial charge in [0.05, 0.1) is 0 Å². The van der Waals surface area contributed by atoms with Gasteiger partial charge in [-0.05, 0) is 54.8 Å². The van der Waals surface area contributed by atoms with E-state index in [0.717, 1.165) is 27.8 Å². The fourth-order valence-corrected chi connectivity index (χ4v) is 2.97. The van der Waals surface area contributed by atoms with Gasteiger partial charge < -0.3 is 22.2 Å². The third-order valence-electron chi connectivity index (χ3n) is 4.56. The number of aliphatic imine (C=N–C) groups is 1. The van der Waals surface area contributed by atoms with Gasteiger partial charge in [-0.15, -0.1) is 0 Å². The molecule has 1 aromatic carbocycles. The number of aromatic nitrogens is 1. The zero-order chi connectivity index (χ0) is 22.8. The minimum Gasteiger partial charge on any atom is -0.404 e. The Morgan fingerprint density at radius 1 is 1.23 bits per heavy atom. The van der Waals surface area contributed by atoms with Gasteiger partial charge in [0.15, 0.2) is 0 Å². The lowest BCUT2D eigenvalue weighted by atomic mass is 10.00. The van der Waals surface area contributed by atoms with E-state index < -0.39 is 0 Å². The molecule has 7 nitrogen and oxygen atoms in total. The number of carbonyl (C=O) groups excluding carboxylic acids is 1. The summed E-state index contributed by atoms with van der Waals surface area (Å²) >= 11 is 0. The number of nitrogens with two attached hydrogens (primary N) is 2. The van der Waals surface area contributed by atoms with Gasteiger partial charge in [-0.2, -0.15) is 0 Å². The van der Waals surface area contributed by atoms with Crippen molar-refractivity contribution >= 4 is 35.2 Å². The Hall–Kier alpha value is -4.00. The Morgan fingerprint density at radius 2 is 1.94 bits per heavy atom. The van der Waals surface area contributed by atoms with E-state index in [0.29, 0.717) is 23.5 Å². The van der Waals surface area contributed by atoms with E-state index in [1.54, 1.807) is 45.6 Å². The lowest BCUT2D eigenvalue weighted by Crippen LogP contribution is -2.09. The van der Waals surface area contributed by atoms with Crippen LogP contribution in [0.25, 0.3) is 11.6 Å². The molecule has 0 aliphatic rings. The van der Waals surface area contributed by atoms with Gasteiger partial charge in [0, 0.05) is 72.6 Å². The summed E-state index contributed by atoms with van der Waals surface area (Å²) in [6.07, 6.45) is 10.2. The summed E-state index contributed by atoms with van der Waals surface area (Å²) in [7, 11) is 1.67. The Labute approximate surface area is 182 Å². The van der Waals surface area contributed by atoms with Crippen LogP contribution in [-0.2, 0) is 11.2 Å². The first-order valence-electron chi connectivity index (χ1n) is 9.73. The van der Waals surface area contributed by atoms with Crippen LogP contribution in [0.1, 0.15) is 30.5 Å². The molecule has 0 fully saturated rings. The van der Waals surface area contributed by atoms with Crippen molar-refractivity contribution in [1.29, 1.82) is 5.41 Å². The van der Waals surface area contributed by atoms with Crippen LogP contribution in [0.3, 0.4) is 0 Å². The Kier molecular flexibility index (Phi) is 8.45. The molecule has 160 valence electrons. The second-order valence-corrected chi connectivity index (χ2v) is 6.96. The van der Waals surface area contributed by atoms with E-state index in [1.165, 1.54) is 12.3 Å². The van der Waals surface area contributed by atoms with Crippen LogP contribution in [0.4, 0.5) is 5.69 Å². The second kappa shape index (κ2) is 11.3. The minimum absolute atomic E-state index is 0.265. The van der Waals surface area contributed by atoms with E-state index in [2.05, 4.69) is 15.3 Å². The second-order valence-electron chi connectivity index (χ2n) is 6.96. The van der Waals surface area contributed by atoms with E-state index in [4.69, 9.17) is 16.9 Å². The number of benzene rings is 1. The molecular formula is C24H28N6O. The first kappa shape index (κ1) is 23.3.